The van der Waals surface area contributed by atoms with Crippen LogP contribution in [0.15, 0.2) is 54.6 Å². The lowest BCUT2D eigenvalue weighted by Gasteiger charge is -2.38. The SMILES string of the molecule is O=C1CCC(C(=O)NC2CCCCC2)(c2cc3ccccc3[nH]2)N1c1cccc(O)c1. The van der Waals surface area contributed by atoms with Crippen LogP contribution in [0.5, 0.6) is 5.75 Å². The number of anilines is 1. The second-order valence-corrected chi connectivity index (χ2v) is 8.69. The van der Waals surface area contributed by atoms with E-state index in [2.05, 4.69) is 10.3 Å². The summed E-state index contributed by atoms with van der Waals surface area (Å²) in [6.07, 6.45) is 6.01. The van der Waals surface area contributed by atoms with E-state index in [0.717, 1.165) is 36.6 Å². The van der Waals surface area contributed by atoms with Gasteiger partial charge in [0.1, 0.15) is 5.75 Å². The molecular weight excluding hydrogens is 390 g/mol. The quantitative estimate of drug-likeness (QED) is 0.590. The van der Waals surface area contributed by atoms with Crippen LogP contribution in [-0.4, -0.2) is 27.9 Å². The molecule has 5 rings (SSSR count). The fraction of sp³-hybridized carbons (Fsp3) is 0.360. The molecule has 2 aliphatic rings. The number of aromatic hydroxyl groups is 1. The summed E-state index contributed by atoms with van der Waals surface area (Å²) in [5, 5.41) is 14.3. The van der Waals surface area contributed by atoms with Crippen LogP contribution in [0.3, 0.4) is 0 Å². The number of hydrogen-bond donors (Lipinski definition) is 3. The third kappa shape index (κ3) is 3.36. The Morgan fingerprint density at radius 1 is 1.06 bits per heavy atom. The monoisotopic (exact) mass is 417 g/mol. The molecule has 1 aliphatic carbocycles. The highest BCUT2D eigenvalue weighted by Crippen LogP contribution is 2.44. The van der Waals surface area contributed by atoms with Gasteiger partial charge in [-0.15, -0.1) is 0 Å². The van der Waals surface area contributed by atoms with Gasteiger partial charge in [-0.25, -0.2) is 0 Å². The zero-order valence-corrected chi connectivity index (χ0v) is 17.4. The summed E-state index contributed by atoms with van der Waals surface area (Å²) in [6, 6.07) is 16.6. The Bertz CT molecular complexity index is 1100. The molecular formula is C25H27N3O3. The number of amides is 2. The Morgan fingerprint density at radius 3 is 2.65 bits per heavy atom. The van der Waals surface area contributed by atoms with Crippen LogP contribution in [0.4, 0.5) is 5.69 Å². The van der Waals surface area contributed by atoms with Crippen molar-refractivity contribution in [3.05, 3.63) is 60.3 Å². The van der Waals surface area contributed by atoms with Crippen LogP contribution in [0.2, 0.25) is 0 Å². The van der Waals surface area contributed by atoms with Crippen molar-refractivity contribution in [2.24, 2.45) is 0 Å². The summed E-state index contributed by atoms with van der Waals surface area (Å²) < 4.78 is 0. The highest BCUT2D eigenvalue weighted by atomic mass is 16.3. The number of nitrogens with zero attached hydrogens (tertiary/aromatic N) is 1. The lowest BCUT2D eigenvalue weighted by Crippen LogP contribution is -2.56. The van der Waals surface area contributed by atoms with E-state index < -0.39 is 5.54 Å². The lowest BCUT2D eigenvalue weighted by atomic mass is 9.88. The number of benzene rings is 2. The largest absolute Gasteiger partial charge is 0.508 e. The first kappa shape index (κ1) is 19.7. The van der Waals surface area contributed by atoms with Crippen molar-refractivity contribution < 1.29 is 14.7 Å². The molecule has 0 radical (unpaired) electrons. The smallest absolute Gasteiger partial charge is 0.252 e. The zero-order chi connectivity index (χ0) is 21.4. The first-order chi connectivity index (χ1) is 15.1. The molecule has 0 spiro atoms. The van der Waals surface area contributed by atoms with Gasteiger partial charge in [0, 0.05) is 29.7 Å². The molecule has 1 saturated carbocycles. The molecule has 3 aromatic rings. The van der Waals surface area contributed by atoms with Gasteiger partial charge in [0.15, 0.2) is 5.54 Å². The van der Waals surface area contributed by atoms with Crippen LogP contribution in [0.1, 0.15) is 50.6 Å². The Morgan fingerprint density at radius 2 is 1.87 bits per heavy atom. The number of H-pyrrole nitrogens is 1. The van der Waals surface area contributed by atoms with Crippen molar-refractivity contribution in [3.8, 4) is 5.75 Å². The number of fused-ring (bicyclic) bond motifs is 1. The average Bonchev–Trinajstić information content (AvgIpc) is 3.36. The maximum atomic E-state index is 13.9. The fourth-order valence-electron chi connectivity index (χ4n) is 5.16. The molecule has 160 valence electrons. The van der Waals surface area contributed by atoms with Gasteiger partial charge < -0.3 is 15.4 Å². The molecule has 1 saturated heterocycles. The summed E-state index contributed by atoms with van der Waals surface area (Å²) >= 11 is 0. The average molecular weight is 418 g/mol. The third-order valence-electron chi connectivity index (χ3n) is 6.71. The molecule has 1 aliphatic heterocycles. The van der Waals surface area contributed by atoms with Crippen LogP contribution >= 0.6 is 0 Å². The highest BCUT2D eigenvalue weighted by Gasteiger charge is 2.54. The van der Waals surface area contributed by atoms with E-state index in [1.165, 1.54) is 6.42 Å². The Kier molecular flexibility index (Phi) is 4.93. The second-order valence-electron chi connectivity index (χ2n) is 8.69. The van der Waals surface area contributed by atoms with E-state index in [9.17, 15) is 14.7 Å². The van der Waals surface area contributed by atoms with Crippen LogP contribution < -0.4 is 10.2 Å². The van der Waals surface area contributed by atoms with Gasteiger partial charge >= 0.3 is 0 Å². The van der Waals surface area contributed by atoms with Crippen molar-refractivity contribution in [2.75, 3.05) is 4.90 Å². The Labute approximate surface area is 181 Å². The van der Waals surface area contributed by atoms with Gasteiger partial charge in [-0.1, -0.05) is 43.5 Å². The first-order valence-electron chi connectivity index (χ1n) is 11.1. The third-order valence-corrected chi connectivity index (χ3v) is 6.71. The fourth-order valence-corrected chi connectivity index (χ4v) is 5.16. The molecule has 1 atom stereocenters. The molecule has 6 heteroatoms. The molecule has 1 aromatic heterocycles. The van der Waals surface area contributed by atoms with Crippen molar-refractivity contribution in [3.63, 3.8) is 0 Å². The number of aromatic nitrogens is 1. The number of aromatic amines is 1. The molecule has 2 amide bonds. The van der Waals surface area contributed by atoms with Gasteiger partial charge in [0.25, 0.3) is 5.91 Å². The molecule has 6 nitrogen and oxygen atoms in total. The van der Waals surface area contributed by atoms with Crippen molar-refractivity contribution in [1.82, 2.24) is 10.3 Å². The second kappa shape index (κ2) is 7.76. The predicted molar refractivity (Wildman–Crippen MR) is 120 cm³/mol. The van der Waals surface area contributed by atoms with Crippen LogP contribution in [0.25, 0.3) is 10.9 Å². The number of phenols is 1. The summed E-state index contributed by atoms with van der Waals surface area (Å²) in [6.45, 7) is 0. The van der Waals surface area contributed by atoms with E-state index in [4.69, 9.17) is 0 Å². The number of hydrogen-bond acceptors (Lipinski definition) is 3. The maximum absolute atomic E-state index is 13.9. The Balaban J connectivity index is 1.64. The van der Waals surface area contributed by atoms with Crippen molar-refractivity contribution in [1.29, 1.82) is 0 Å². The van der Waals surface area contributed by atoms with E-state index in [0.29, 0.717) is 17.8 Å². The van der Waals surface area contributed by atoms with E-state index in [1.807, 2.05) is 30.3 Å². The highest BCUT2D eigenvalue weighted by molar-refractivity contribution is 6.07. The molecule has 2 heterocycles. The number of para-hydroxylation sites is 1. The number of nitrogens with one attached hydrogen (secondary N) is 2. The van der Waals surface area contributed by atoms with Crippen molar-refractivity contribution in [2.45, 2.75) is 56.5 Å². The van der Waals surface area contributed by atoms with Gasteiger partial charge in [0.05, 0.1) is 5.69 Å². The zero-order valence-electron chi connectivity index (χ0n) is 17.4. The molecule has 0 bridgehead atoms. The molecule has 1 unspecified atom stereocenters. The van der Waals surface area contributed by atoms with E-state index >= 15 is 0 Å². The van der Waals surface area contributed by atoms with Gasteiger partial charge in [-0.2, -0.15) is 0 Å². The van der Waals surface area contributed by atoms with Crippen molar-refractivity contribution >= 4 is 28.4 Å². The summed E-state index contributed by atoms with van der Waals surface area (Å²) in [5.74, 6) is -0.210. The number of carbonyl (C=O) groups excluding carboxylic acids is 2. The van der Waals surface area contributed by atoms with Gasteiger partial charge in [0.2, 0.25) is 5.91 Å². The minimum atomic E-state index is -1.18. The Hall–Kier alpha value is -3.28. The molecule has 2 fully saturated rings. The number of rotatable bonds is 4. The van der Waals surface area contributed by atoms with Crippen LogP contribution in [-0.2, 0) is 15.1 Å². The van der Waals surface area contributed by atoms with Gasteiger partial charge in [-0.3, -0.25) is 14.5 Å². The summed E-state index contributed by atoms with van der Waals surface area (Å²) in [7, 11) is 0. The molecule has 3 N–H and O–H groups in total. The summed E-state index contributed by atoms with van der Waals surface area (Å²) in [5.41, 5.74) is 0.982. The molecule has 2 aromatic carbocycles. The van der Waals surface area contributed by atoms with Crippen LogP contribution in [0, 0.1) is 0 Å². The first-order valence-corrected chi connectivity index (χ1v) is 11.1. The molecule has 31 heavy (non-hydrogen) atoms. The lowest BCUT2D eigenvalue weighted by molar-refractivity contribution is -0.129. The predicted octanol–water partition coefficient (Wildman–Crippen LogP) is 4.34. The number of phenolic OH excluding ortho intramolecular Hbond substituents is 1. The van der Waals surface area contributed by atoms with Gasteiger partial charge in [-0.05, 0) is 48.9 Å². The minimum absolute atomic E-state index is 0.0652. The minimum Gasteiger partial charge on any atom is -0.508 e. The standard InChI is InChI=1S/C25H27N3O3/c29-20-11-6-10-19(16-20)28-23(30)13-14-25(28,24(31)26-18-8-2-1-3-9-18)22-15-17-7-4-5-12-21(17)27-22/h4-7,10-12,15-16,18,27,29H,1-3,8-9,13-14H2,(H,26,31). The normalized spacial score (nSPS) is 22.2. The van der Waals surface area contributed by atoms with E-state index in [-0.39, 0.29) is 30.0 Å². The maximum Gasteiger partial charge on any atom is 0.252 e. The van der Waals surface area contributed by atoms with E-state index in [1.54, 1.807) is 29.2 Å². The summed E-state index contributed by atoms with van der Waals surface area (Å²) in [4.78, 5) is 32.1. The number of carbonyl (C=O) groups is 2. The topological polar surface area (TPSA) is 85.4 Å².